The molecule has 0 aliphatic carbocycles. The summed E-state index contributed by atoms with van der Waals surface area (Å²) in [4.78, 5) is 3.83. The van der Waals surface area contributed by atoms with Crippen molar-refractivity contribution >= 4 is 23.2 Å². The van der Waals surface area contributed by atoms with Crippen LogP contribution in [0, 0.1) is 0 Å². The fraction of sp³-hybridized carbons (Fsp3) is 0.154. The van der Waals surface area contributed by atoms with E-state index in [0.29, 0.717) is 0 Å². The molecule has 0 aliphatic heterocycles. The lowest BCUT2D eigenvalue weighted by molar-refractivity contribution is -0.137. The SMILES string of the molecule is COc1cc(-c2cc(Cl)ccc2C(F)(F)F)c(Cl)cn1. The van der Waals surface area contributed by atoms with Crippen LogP contribution in [0.2, 0.25) is 10.0 Å². The maximum absolute atomic E-state index is 13.0. The van der Waals surface area contributed by atoms with Crippen LogP contribution in [0.5, 0.6) is 5.88 Å². The number of hydrogen-bond donors (Lipinski definition) is 0. The highest BCUT2D eigenvalue weighted by Gasteiger charge is 2.34. The smallest absolute Gasteiger partial charge is 0.417 e. The van der Waals surface area contributed by atoms with E-state index >= 15 is 0 Å². The fourth-order valence-corrected chi connectivity index (χ4v) is 2.10. The van der Waals surface area contributed by atoms with Crippen LogP contribution in [0.25, 0.3) is 11.1 Å². The molecule has 0 radical (unpaired) electrons. The van der Waals surface area contributed by atoms with Gasteiger partial charge in [0.15, 0.2) is 0 Å². The monoisotopic (exact) mass is 321 g/mol. The highest BCUT2D eigenvalue weighted by molar-refractivity contribution is 6.33. The number of halogens is 5. The predicted molar refractivity (Wildman–Crippen MR) is 71.2 cm³/mol. The molecule has 106 valence electrons. The lowest BCUT2D eigenvalue weighted by Gasteiger charge is -2.14. The van der Waals surface area contributed by atoms with Crippen LogP contribution in [0.1, 0.15) is 5.56 Å². The Kier molecular flexibility index (Phi) is 4.11. The standard InChI is InChI=1S/C13H8Cl2F3NO/c1-20-12-5-9(11(15)6-19-12)8-4-7(14)2-3-10(8)13(16,17)18/h2-6H,1H3. The average molecular weight is 322 g/mol. The molecule has 2 aromatic rings. The average Bonchev–Trinajstić information content (AvgIpc) is 2.37. The van der Waals surface area contributed by atoms with Crippen molar-refractivity contribution < 1.29 is 17.9 Å². The van der Waals surface area contributed by atoms with E-state index in [0.717, 1.165) is 6.07 Å². The van der Waals surface area contributed by atoms with Gasteiger partial charge in [0.05, 0.1) is 23.9 Å². The molecule has 0 aliphatic rings. The molecule has 0 amide bonds. The molecule has 0 saturated carbocycles. The Morgan fingerprint density at radius 1 is 1.10 bits per heavy atom. The quantitative estimate of drug-likeness (QED) is 0.769. The van der Waals surface area contributed by atoms with Gasteiger partial charge in [-0.15, -0.1) is 0 Å². The lowest BCUT2D eigenvalue weighted by Crippen LogP contribution is -2.07. The zero-order chi connectivity index (χ0) is 14.9. The maximum Gasteiger partial charge on any atom is 0.417 e. The largest absolute Gasteiger partial charge is 0.481 e. The minimum atomic E-state index is -4.51. The number of ether oxygens (including phenoxy) is 1. The first kappa shape index (κ1) is 14.9. The van der Waals surface area contributed by atoms with Crippen molar-refractivity contribution in [3.63, 3.8) is 0 Å². The Morgan fingerprint density at radius 3 is 2.40 bits per heavy atom. The number of rotatable bonds is 2. The minimum Gasteiger partial charge on any atom is -0.481 e. The van der Waals surface area contributed by atoms with Gasteiger partial charge in [-0.05, 0) is 23.8 Å². The third kappa shape index (κ3) is 2.99. The highest BCUT2D eigenvalue weighted by atomic mass is 35.5. The van der Waals surface area contributed by atoms with Gasteiger partial charge in [0.2, 0.25) is 5.88 Å². The molecular weight excluding hydrogens is 314 g/mol. The Morgan fingerprint density at radius 2 is 1.80 bits per heavy atom. The van der Waals surface area contributed by atoms with Crippen LogP contribution in [-0.4, -0.2) is 12.1 Å². The van der Waals surface area contributed by atoms with E-state index in [1.165, 1.54) is 31.5 Å². The lowest BCUT2D eigenvalue weighted by atomic mass is 10.00. The second kappa shape index (κ2) is 5.50. The molecule has 0 atom stereocenters. The number of hydrogen-bond acceptors (Lipinski definition) is 2. The zero-order valence-electron chi connectivity index (χ0n) is 10.1. The van der Waals surface area contributed by atoms with E-state index in [4.69, 9.17) is 27.9 Å². The van der Waals surface area contributed by atoms with Crippen LogP contribution in [0.4, 0.5) is 13.2 Å². The first-order chi connectivity index (χ1) is 9.32. The summed E-state index contributed by atoms with van der Waals surface area (Å²) in [5.74, 6) is 0.164. The van der Waals surface area contributed by atoms with E-state index in [-0.39, 0.29) is 27.1 Å². The van der Waals surface area contributed by atoms with Crippen LogP contribution >= 0.6 is 23.2 Å². The van der Waals surface area contributed by atoms with Gasteiger partial charge in [-0.3, -0.25) is 0 Å². The van der Waals surface area contributed by atoms with Gasteiger partial charge >= 0.3 is 6.18 Å². The summed E-state index contributed by atoms with van der Waals surface area (Å²) in [6.45, 7) is 0. The number of benzene rings is 1. The second-order valence-corrected chi connectivity index (χ2v) is 4.74. The van der Waals surface area contributed by atoms with Crippen LogP contribution in [0.3, 0.4) is 0 Å². The molecule has 1 heterocycles. The molecule has 20 heavy (non-hydrogen) atoms. The molecule has 0 fully saturated rings. The van der Waals surface area contributed by atoms with Crippen molar-refractivity contribution in [2.24, 2.45) is 0 Å². The summed E-state index contributed by atoms with van der Waals surface area (Å²) in [5, 5.41) is 0.262. The number of alkyl halides is 3. The molecular formula is C13H8Cl2F3NO. The molecule has 1 aromatic carbocycles. The van der Waals surface area contributed by atoms with Crippen molar-refractivity contribution in [2.75, 3.05) is 7.11 Å². The molecule has 0 N–H and O–H groups in total. The predicted octanol–water partition coefficient (Wildman–Crippen LogP) is 5.08. The first-order valence-electron chi connectivity index (χ1n) is 5.39. The number of nitrogens with zero attached hydrogens (tertiary/aromatic N) is 1. The van der Waals surface area contributed by atoms with Gasteiger partial charge in [0.1, 0.15) is 0 Å². The van der Waals surface area contributed by atoms with Crippen molar-refractivity contribution in [1.82, 2.24) is 4.98 Å². The molecule has 1 aromatic heterocycles. The van der Waals surface area contributed by atoms with E-state index in [2.05, 4.69) is 4.98 Å². The number of pyridine rings is 1. The molecule has 2 rings (SSSR count). The Labute approximate surface area is 123 Å². The summed E-state index contributed by atoms with van der Waals surface area (Å²) in [6, 6.07) is 4.65. The van der Waals surface area contributed by atoms with Crippen molar-refractivity contribution in [2.45, 2.75) is 6.18 Å². The van der Waals surface area contributed by atoms with Crippen molar-refractivity contribution in [3.8, 4) is 17.0 Å². The van der Waals surface area contributed by atoms with Crippen LogP contribution < -0.4 is 4.74 Å². The van der Waals surface area contributed by atoms with Gasteiger partial charge in [-0.25, -0.2) is 4.98 Å². The third-order valence-electron chi connectivity index (χ3n) is 2.62. The van der Waals surface area contributed by atoms with Gasteiger partial charge in [-0.1, -0.05) is 23.2 Å². The summed E-state index contributed by atoms with van der Waals surface area (Å²) in [6.07, 6.45) is -3.28. The van der Waals surface area contributed by atoms with Gasteiger partial charge < -0.3 is 4.74 Å². The zero-order valence-corrected chi connectivity index (χ0v) is 11.6. The third-order valence-corrected chi connectivity index (χ3v) is 3.15. The Bertz CT molecular complexity index is 644. The number of aromatic nitrogens is 1. The van der Waals surface area contributed by atoms with E-state index in [1.54, 1.807) is 0 Å². The maximum atomic E-state index is 13.0. The highest BCUT2D eigenvalue weighted by Crippen LogP contribution is 2.41. The molecule has 0 unspecified atom stereocenters. The van der Waals surface area contributed by atoms with Gasteiger partial charge in [0, 0.05) is 16.7 Å². The van der Waals surface area contributed by atoms with Crippen LogP contribution in [-0.2, 0) is 6.18 Å². The topological polar surface area (TPSA) is 22.1 Å². The summed E-state index contributed by atoms with van der Waals surface area (Å²) < 4.78 is 44.0. The summed E-state index contributed by atoms with van der Waals surface area (Å²) >= 11 is 11.7. The van der Waals surface area contributed by atoms with E-state index < -0.39 is 11.7 Å². The first-order valence-corrected chi connectivity index (χ1v) is 6.15. The second-order valence-electron chi connectivity index (χ2n) is 3.89. The van der Waals surface area contributed by atoms with Gasteiger partial charge in [0.25, 0.3) is 0 Å². The van der Waals surface area contributed by atoms with Gasteiger partial charge in [-0.2, -0.15) is 13.2 Å². The molecule has 0 bridgehead atoms. The Balaban J connectivity index is 2.71. The van der Waals surface area contributed by atoms with E-state index in [9.17, 15) is 13.2 Å². The Hall–Kier alpha value is -1.46. The molecule has 0 spiro atoms. The van der Waals surface area contributed by atoms with Crippen molar-refractivity contribution in [3.05, 3.63) is 46.1 Å². The molecule has 2 nitrogen and oxygen atoms in total. The van der Waals surface area contributed by atoms with Crippen LogP contribution in [0.15, 0.2) is 30.5 Å². The molecule has 0 saturated heterocycles. The summed E-state index contributed by atoms with van der Waals surface area (Å²) in [5.41, 5.74) is -0.777. The normalized spacial score (nSPS) is 11.5. The minimum absolute atomic E-state index is 0.0820. The molecule has 7 heteroatoms. The number of methoxy groups -OCH3 is 1. The van der Waals surface area contributed by atoms with E-state index in [1.807, 2.05) is 0 Å². The fourth-order valence-electron chi connectivity index (χ4n) is 1.72. The summed E-state index contributed by atoms with van der Waals surface area (Å²) in [7, 11) is 1.36. The van der Waals surface area contributed by atoms with Crippen molar-refractivity contribution in [1.29, 1.82) is 0 Å².